The van der Waals surface area contributed by atoms with Crippen molar-refractivity contribution < 1.29 is 0 Å². The minimum atomic E-state index is 0.828. The fourth-order valence-electron chi connectivity index (χ4n) is 1.84. The summed E-state index contributed by atoms with van der Waals surface area (Å²) >= 11 is 7.54. The molecule has 0 aromatic carbocycles. The lowest BCUT2D eigenvalue weighted by Crippen LogP contribution is -2.28. The van der Waals surface area contributed by atoms with E-state index in [1.165, 1.54) is 10.6 Å². The minimum Gasteiger partial charge on any atom is -0.325 e. The smallest absolute Gasteiger partial charge is 0.123 e. The summed E-state index contributed by atoms with van der Waals surface area (Å²) in [5.41, 5.74) is 1.18. The summed E-state index contributed by atoms with van der Waals surface area (Å²) in [6.07, 6.45) is 1.94. The molecule has 0 spiro atoms. The van der Waals surface area contributed by atoms with Crippen LogP contribution < -0.4 is 5.32 Å². The number of thiophene rings is 1. The molecule has 0 saturated carbocycles. The van der Waals surface area contributed by atoms with Crippen LogP contribution in [0.3, 0.4) is 0 Å². The molecule has 78 valence electrons. The second-order valence-electron chi connectivity index (χ2n) is 3.49. The van der Waals surface area contributed by atoms with E-state index in [0.717, 1.165) is 29.8 Å². The molecule has 2 aromatic heterocycles. The van der Waals surface area contributed by atoms with Crippen molar-refractivity contribution in [1.82, 2.24) is 14.9 Å². The first-order valence-electron chi connectivity index (χ1n) is 4.85. The van der Waals surface area contributed by atoms with Gasteiger partial charge in [-0.2, -0.15) is 0 Å². The maximum atomic E-state index is 5.94. The van der Waals surface area contributed by atoms with E-state index in [2.05, 4.69) is 20.9 Å². The van der Waals surface area contributed by atoms with Crippen LogP contribution in [0.4, 0.5) is 0 Å². The first kappa shape index (κ1) is 9.39. The van der Waals surface area contributed by atoms with Crippen LogP contribution in [0.1, 0.15) is 5.82 Å². The lowest BCUT2D eigenvalue weighted by molar-refractivity contribution is 0.509. The molecule has 0 bridgehead atoms. The fraction of sp³-hybridized carbons (Fsp3) is 0.300. The molecule has 0 atom stereocenters. The predicted molar refractivity (Wildman–Crippen MR) is 62.3 cm³/mol. The molecule has 3 nitrogen and oxygen atoms in total. The first-order chi connectivity index (χ1) is 7.34. The maximum absolute atomic E-state index is 5.94. The average molecular weight is 240 g/mol. The Labute approximate surface area is 96.7 Å². The van der Waals surface area contributed by atoms with Crippen LogP contribution in [-0.2, 0) is 13.1 Å². The van der Waals surface area contributed by atoms with E-state index in [4.69, 9.17) is 11.6 Å². The van der Waals surface area contributed by atoms with Crippen LogP contribution in [0.2, 0.25) is 4.34 Å². The second-order valence-corrected chi connectivity index (χ2v) is 5.21. The number of imidazole rings is 1. The summed E-state index contributed by atoms with van der Waals surface area (Å²) in [7, 11) is 0. The summed E-state index contributed by atoms with van der Waals surface area (Å²) in [5, 5.41) is 3.30. The highest BCUT2D eigenvalue weighted by Crippen LogP contribution is 2.31. The van der Waals surface area contributed by atoms with Crippen molar-refractivity contribution in [2.24, 2.45) is 0 Å². The summed E-state index contributed by atoms with van der Waals surface area (Å²) in [5.74, 6) is 1.11. The first-order valence-corrected chi connectivity index (χ1v) is 6.05. The Morgan fingerprint density at radius 3 is 3.20 bits per heavy atom. The number of nitrogens with zero attached hydrogens (tertiary/aromatic N) is 2. The van der Waals surface area contributed by atoms with Crippen LogP contribution >= 0.6 is 22.9 Å². The van der Waals surface area contributed by atoms with E-state index in [9.17, 15) is 0 Å². The molecule has 1 aliphatic rings. The molecule has 0 saturated heterocycles. The SMILES string of the molecule is Clc1ccc(-c2cnc3n2CCNC3)s1. The summed E-state index contributed by atoms with van der Waals surface area (Å²) in [4.78, 5) is 5.60. The molecule has 0 unspecified atom stereocenters. The lowest BCUT2D eigenvalue weighted by Gasteiger charge is -2.16. The molecule has 0 radical (unpaired) electrons. The average Bonchev–Trinajstić information content (AvgIpc) is 2.83. The molecular formula is C10H10ClN3S. The zero-order valence-electron chi connectivity index (χ0n) is 8.03. The van der Waals surface area contributed by atoms with Gasteiger partial charge in [0.2, 0.25) is 0 Å². The normalized spacial score (nSPS) is 15.3. The van der Waals surface area contributed by atoms with E-state index in [1.54, 1.807) is 11.3 Å². The highest BCUT2D eigenvalue weighted by molar-refractivity contribution is 7.19. The molecule has 15 heavy (non-hydrogen) atoms. The van der Waals surface area contributed by atoms with Crippen molar-refractivity contribution in [3.63, 3.8) is 0 Å². The standard InChI is InChI=1S/C10H10ClN3S/c11-9-2-1-8(15-9)7-5-13-10-6-12-3-4-14(7)10/h1-2,5,12H,3-4,6H2. The minimum absolute atomic E-state index is 0.828. The van der Waals surface area contributed by atoms with Gasteiger partial charge in [0.1, 0.15) is 5.82 Å². The van der Waals surface area contributed by atoms with Crippen LogP contribution in [0.15, 0.2) is 18.3 Å². The molecule has 2 aromatic rings. The monoisotopic (exact) mass is 239 g/mol. The highest BCUT2D eigenvalue weighted by Gasteiger charge is 2.15. The van der Waals surface area contributed by atoms with Gasteiger partial charge >= 0.3 is 0 Å². The molecule has 1 N–H and O–H groups in total. The Bertz CT molecular complexity index is 489. The van der Waals surface area contributed by atoms with Crippen molar-refractivity contribution in [2.75, 3.05) is 6.54 Å². The van der Waals surface area contributed by atoms with Crippen molar-refractivity contribution in [3.8, 4) is 10.6 Å². The third kappa shape index (κ3) is 1.58. The molecule has 5 heteroatoms. The topological polar surface area (TPSA) is 29.9 Å². The van der Waals surface area contributed by atoms with E-state index < -0.39 is 0 Å². The fourth-order valence-corrected chi connectivity index (χ4v) is 2.91. The summed E-state index contributed by atoms with van der Waals surface area (Å²) < 4.78 is 3.09. The largest absolute Gasteiger partial charge is 0.325 e. The quantitative estimate of drug-likeness (QED) is 0.828. The Hall–Kier alpha value is -0.840. The Kier molecular flexibility index (Phi) is 2.27. The maximum Gasteiger partial charge on any atom is 0.123 e. The van der Waals surface area contributed by atoms with Gasteiger partial charge in [-0.05, 0) is 12.1 Å². The molecular weight excluding hydrogens is 230 g/mol. The summed E-state index contributed by atoms with van der Waals surface area (Å²) in [6, 6.07) is 3.99. The van der Waals surface area contributed by atoms with Crippen LogP contribution in [0.5, 0.6) is 0 Å². The highest BCUT2D eigenvalue weighted by atomic mass is 35.5. The second kappa shape index (κ2) is 3.63. The van der Waals surface area contributed by atoms with Crippen LogP contribution in [0.25, 0.3) is 10.6 Å². The number of rotatable bonds is 1. The van der Waals surface area contributed by atoms with Gasteiger partial charge < -0.3 is 9.88 Å². The van der Waals surface area contributed by atoms with Crippen LogP contribution in [-0.4, -0.2) is 16.1 Å². The van der Waals surface area contributed by atoms with E-state index >= 15 is 0 Å². The third-order valence-corrected chi connectivity index (χ3v) is 3.81. The molecule has 0 amide bonds. The van der Waals surface area contributed by atoms with Crippen molar-refractivity contribution in [3.05, 3.63) is 28.5 Å². The van der Waals surface area contributed by atoms with Gasteiger partial charge in [0.15, 0.2) is 0 Å². The number of aromatic nitrogens is 2. The van der Waals surface area contributed by atoms with Crippen LogP contribution in [0, 0.1) is 0 Å². The number of nitrogens with one attached hydrogen (secondary N) is 1. The van der Waals surface area contributed by atoms with Crippen molar-refractivity contribution >= 4 is 22.9 Å². The predicted octanol–water partition coefficient (Wildman–Crippen LogP) is 2.37. The molecule has 3 heterocycles. The van der Waals surface area contributed by atoms with E-state index in [-0.39, 0.29) is 0 Å². The number of hydrogen-bond acceptors (Lipinski definition) is 3. The molecule has 1 aliphatic heterocycles. The van der Waals surface area contributed by atoms with E-state index in [0.29, 0.717) is 0 Å². The van der Waals surface area contributed by atoms with Gasteiger partial charge in [-0.1, -0.05) is 11.6 Å². The molecule has 3 rings (SSSR count). The van der Waals surface area contributed by atoms with Gasteiger partial charge in [0.25, 0.3) is 0 Å². The zero-order chi connectivity index (χ0) is 10.3. The lowest BCUT2D eigenvalue weighted by atomic mass is 10.3. The Balaban J connectivity index is 2.08. The zero-order valence-corrected chi connectivity index (χ0v) is 9.61. The molecule has 0 aliphatic carbocycles. The third-order valence-electron chi connectivity index (χ3n) is 2.56. The van der Waals surface area contributed by atoms with Crippen molar-refractivity contribution in [2.45, 2.75) is 13.1 Å². The Morgan fingerprint density at radius 2 is 2.40 bits per heavy atom. The van der Waals surface area contributed by atoms with Gasteiger partial charge in [-0.15, -0.1) is 11.3 Å². The van der Waals surface area contributed by atoms with Crippen molar-refractivity contribution in [1.29, 1.82) is 0 Å². The molecule has 0 fully saturated rings. The number of fused-ring (bicyclic) bond motifs is 1. The van der Waals surface area contributed by atoms with Gasteiger partial charge in [0.05, 0.1) is 27.6 Å². The number of hydrogen-bond donors (Lipinski definition) is 1. The number of halogens is 1. The van der Waals surface area contributed by atoms with Gasteiger partial charge in [-0.3, -0.25) is 0 Å². The summed E-state index contributed by atoms with van der Waals surface area (Å²) in [6.45, 7) is 2.86. The van der Waals surface area contributed by atoms with Gasteiger partial charge in [-0.25, -0.2) is 4.98 Å². The Morgan fingerprint density at radius 1 is 1.47 bits per heavy atom. The van der Waals surface area contributed by atoms with Gasteiger partial charge in [0, 0.05) is 13.1 Å². The van der Waals surface area contributed by atoms with E-state index in [1.807, 2.05) is 12.3 Å².